The third kappa shape index (κ3) is 6.94. The van der Waals surface area contributed by atoms with Crippen molar-refractivity contribution in [3.05, 3.63) is 89.1 Å². The van der Waals surface area contributed by atoms with Crippen LogP contribution in [0.5, 0.6) is 11.5 Å². The molecule has 1 saturated carbocycles. The van der Waals surface area contributed by atoms with Gasteiger partial charge in [-0.2, -0.15) is 4.37 Å². The van der Waals surface area contributed by atoms with Crippen LogP contribution in [0.2, 0.25) is 0 Å². The van der Waals surface area contributed by atoms with Gasteiger partial charge in [0.25, 0.3) is 5.91 Å². The number of alkyl halides is 3. The Hall–Kier alpha value is -4.65. The maximum absolute atomic E-state index is 14.4. The fourth-order valence-electron chi connectivity index (χ4n) is 5.12. The first-order valence-electron chi connectivity index (χ1n) is 13.7. The minimum atomic E-state index is -4.92. The SMILES string of the molecule is COc1ccc(C(C(=O)NC2CCCC2)N(C(=O)c2snc(-c3ccc(F)cc3)c2N)c2ccc(OC(F)(F)F)cc2)cc1. The highest BCUT2D eigenvalue weighted by molar-refractivity contribution is 7.09. The number of nitrogen functional groups attached to an aromatic ring is 1. The molecule has 2 amide bonds. The molecule has 3 N–H and O–H groups in total. The van der Waals surface area contributed by atoms with Gasteiger partial charge in [0.1, 0.15) is 33.9 Å². The maximum atomic E-state index is 14.4. The van der Waals surface area contributed by atoms with E-state index in [0.29, 0.717) is 16.9 Å². The van der Waals surface area contributed by atoms with Gasteiger partial charge in [0.2, 0.25) is 5.91 Å². The van der Waals surface area contributed by atoms with Crippen molar-refractivity contribution in [1.82, 2.24) is 9.69 Å². The van der Waals surface area contributed by atoms with E-state index in [1.165, 1.54) is 48.4 Å². The second kappa shape index (κ2) is 12.9. The van der Waals surface area contributed by atoms with Gasteiger partial charge >= 0.3 is 6.36 Å². The number of nitrogens with zero attached hydrogens (tertiary/aromatic N) is 2. The van der Waals surface area contributed by atoms with Crippen LogP contribution in [0.1, 0.15) is 47.0 Å². The molecule has 0 spiro atoms. The molecule has 230 valence electrons. The van der Waals surface area contributed by atoms with E-state index in [9.17, 15) is 27.2 Å². The van der Waals surface area contributed by atoms with E-state index >= 15 is 0 Å². The van der Waals surface area contributed by atoms with Crippen molar-refractivity contribution in [2.24, 2.45) is 0 Å². The second-order valence-corrected chi connectivity index (χ2v) is 10.9. The summed E-state index contributed by atoms with van der Waals surface area (Å²) in [5, 5.41) is 3.04. The van der Waals surface area contributed by atoms with E-state index in [4.69, 9.17) is 10.5 Å². The Morgan fingerprint density at radius 2 is 1.59 bits per heavy atom. The Kier molecular flexibility index (Phi) is 9.04. The van der Waals surface area contributed by atoms with Crippen molar-refractivity contribution in [3.63, 3.8) is 0 Å². The van der Waals surface area contributed by atoms with Crippen molar-refractivity contribution in [3.8, 4) is 22.8 Å². The monoisotopic (exact) mass is 628 g/mol. The van der Waals surface area contributed by atoms with Crippen molar-refractivity contribution < 1.29 is 36.6 Å². The Morgan fingerprint density at radius 1 is 0.977 bits per heavy atom. The zero-order valence-corrected chi connectivity index (χ0v) is 24.3. The van der Waals surface area contributed by atoms with E-state index in [1.54, 1.807) is 24.3 Å². The number of nitrogens with two attached hydrogens (primary N) is 1. The van der Waals surface area contributed by atoms with Crippen LogP contribution in [0.4, 0.5) is 28.9 Å². The molecule has 1 fully saturated rings. The highest BCUT2D eigenvalue weighted by Crippen LogP contribution is 2.37. The van der Waals surface area contributed by atoms with Crippen LogP contribution >= 0.6 is 11.5 Å². The largest absolute Gasteiger partial charge is 0.573 e. The lowest BCUT2D eigenvalue weighted by atomic mass is 10.0. The molecule has 3 aromatic carbocycles. The molecule has 1 aliphatic carbocycles. The molecule has 8 nitrogen and oxygen atoms in total. The quantitative estimate of drug-likeness (QED) is 0.196. The van der Waals surface area contributed by atoms with Crippen LogP contribution in [0.3, 0.4) is 0 Å². The van der Waals surface area contributed by atoms with Crippen LogP contribution in [0, 0.1) is 5.82 Å². The van der Waals surface area contributed by atoms with Gasteiger partial charge < -0.3 is 20.5 Å². The van der Waals surface area contributed by atoms with Gasteiger partial charge in [-0.1, -0.05) is 25.0 Å². The molecule has 0 saturated heterocycles. The normalized spacial score (nSPS) is 14.2. The van der Waals surface area contributed by atoms with Crippen molar-refractivity contribution in [2.75, 3.05) is 17.7 Å². The number of rotatable bonds is 9. The summed E-state index contributed by atoms with van der Waals surface area (Å²) in [6.45, 7) is 0. The van der Waals surface area contributed by atoms with E-state index in [2.05, 4.69) is 14.4 Å². The Balaban J connectivity index is 1.61. The molecular weight excluding hydrogens is 600 g/mol. The Labute approximate surface area is 254 Å². The Morgan fingerprint density at radius 3 is 2.18 bits per heavy atom. The summed E-state index contributed by atoms with van der Waals surface area (Å²) in [5.74, 6) is -1.63. The average molecular weight is 629 g/mol. The van der Waals surface area contributed by atoms with Crippen LogP contribution < -0.4 is 25.4 Å². The fraction of sp³-hybridized carbons (Fsp3) is 0.258. The summed E-state index contributed by atoms with van der Waals surface area (Å²) in [5.41, 5.74) is 7.69. The number of anilines is 2. The number of hydrogen-bond acceptors (Lipinski definition) is 7. The molecule has 0 aliphatic heterocycles. The molecule has 1 aromatic heterocycles. The van der Waals surface area contributed by atoms with Gasteiger partial charge in [-0.15, -0.1) is 13.2 Å². The summed E-state index contributed by atoms with van der Waals surface area (Å²) >= 11 is 0.796. The number of amides is 2. The van der Waals surface area contributed by atoms with Gasteiger partial charge in [0.05, 0.1) is 12.8 Å². The molecule has 4 aromatic rings. The second-order valence-electron chi connectivity index (χ2n) is 10.2. The molecule has 44 heavy (non-hydrogen) atoms. The lowest BCUT2D eigenvalue weighted by Crippen LogP contribution is -2.46. The predicted octanol–water partition coefficient (Wildman–Crippen LogP) is 6.89. The fourth-order valence-corrected chi connectivity index (χ4v) is 5.88. The summed E-state index contributed by atoms with van der Waals surface area (Å²) in [4.78, 5) is 29.6. The van der Waals surface area contributed by atoms with E-state index < -0.39 is 35.8 Å². The number of methoxy groups -OCH3 is 1. The number of halogens is 4. The number of benzene rings is 3. The molecule has 1 unspecified atom stereocenters. The molecule has 5 rings (SSSR count). The number of nitrogens with one attached hydrogen (secondary N) is 1. The van der Waals surface area contributed by atoms with Crippen molar-refractivity contribution >= 4 is 34.7 Å². The van der Waals surface area contributed by atoms with Crippen LogP contribution in [0.15, 0.2) is 72.8 Å². The van der Waals surface area contributed by atoms with E-state index in [0.717, 1.165) is 49.3 Å². The first-order valence-corrected chi connectivity index (χ1v) is 14.5. The smallest absolute Gasteiger partial charge is 0.497 e. The first kappa shape index (κ1) is 30.8. The van der Waals surface area contributed by atoms with E-state index in [-0.39, 0.29) is 28.0 Å². The van der Waals surface area contributed by atoms with E-state index in [1.807, 2.05) is 0 Å². The Bertz CT molecular complexity index is 1600. The number of hydrogen-bond donors (Lipinski definition) is 2. The standard InChI is InChI=1S/C31H28F4N4O4S/c1-42-23-14-8-19(9-15-23)27(29(40)37-21-4-2-3-5-21)39(22-12-16-24(17-13-22)43-31(33,34)35)30(41)28-25(36)26(38-44-28)18-6-10-20(32)11-7-18/h6-17,21,27H,2-5,36H2,1H3,(H,37,40). The highest BCUT2D eigenvalue weighted by Gasteiger charge is 2.37. The molecule has 1 aliphatic rings. The minimum Gasteiger partial charge on any atom is -0.497 e. The van der Waals surface area contributed by atoms with Crippen molar-refractivity contribution in [1.29, 1.82) is 0 Å². The van der Waals surface area contributed by atoms with Crippen LogP contribution in [0.25, 0.3) is 11.3 Å². The molecule has 0 bridgehead atoms. The zero-order valence-electron chi connectivity index (χ0n) is 23.4. The third-order valence-electron chi connectivity index (χ3n) is 7.25. The van der Waals surface area contributed by atoms with Gasteiger partial charge in [0, 0.05) is 17.3 Å². The summed E-state index contributed by atoms with van der Waals surface area (Å²) in [7, 11) is 1.49. The maximum Gasteiger partial charge on any atom is 0.573 e. The van der Waals surface area contributed by atoms with Crippen molar-refractivity contribution in [2.45, 2.75) is 44.1 Å². The lowest BCUT2D eigenvalue weighted by molar-refractivity contribution is -0.274. The van der Waals surface area contributed by atoms with Gasteiger partial charge in [0.15, 0.2) is 0 Å². The highest BCUT2D eigenvalue weighted by atomic mass is 32.1. The first-order chi connectivity index (χ1) is 21.0. The molecule has 1 atom stereocenters. The third-order valence-corrected chi connectivity index (χ3v) is 8.10. The molecule has 0 radical (unpaired) electrons. The average Bonchev–Trinajstić information content (AvgIpc) is 3.65. The number of ether oxygens (including phenoxy) is 2. The zero-order chi connectivity index (χ0) is 31.4. The summed E-state index contributed by atoms with van der Waals surface area (Å²) in [6, 6.07) is 15.3. The number of aromatic nitrogens is 1. The number of carbonyl (C=O) groups excluding carboxylic acids is 2. The van der Waals surface area contributed by atoms with Crippen LogP contribution in [-0.4, -0.2) is 35.7 Å². The molecular formula is C31H28F4N4O4S. The predicted molar refractivity (Wildman–Crippen MR) is 158 cm³/mol. The number of carbonyl (C=O) groups is 2. The topological polar surface area (TPSA) is 107 Å². The summed E-state index contributed by atoms with van der Waals surface area (Å²) < 4.78 is 65.8. The lowest BCUT2D eigenvalue weighted by Gasteiger charge is -2.32. The van der Waals surface area contributed by atoms with Gasteiger partial charge in [-0.3, -0.25) is 14.5 Å². The van der Waals surface area contributed by atoms with Crippen LogP contribution in [-0.2, 0) is 4.79 Å². The van der Waals surface area contributed by atoms with Gasteiger partial charge in [-0.25, -0.2) is 4.39 Å². The molecule has 1 heterocycles. The minimum absolute atomic E-state index is 0.00730. The molecule has 13 heteroatoms. The summed E-state index contributed by atoms with van der Waals surface area (Å²) in [6.07, 6.45) is -1.46. The van der Waals surface area contributed by atoms with Gasteiger partial charge in [-0.05, 0) is 90.6 Å².